The summed E-state index contributed by atoms with van der Waals surface area (Å²) in [6.07, 6.45) is 3.18. The van der Waals surface area contributed by atoms with Gasteiger partial charge in [0.15, 0.2) is 0 Å². The molecule has 0 radical (unpaired) electrons. The molecule has 0 aliphatic carbocycles. The third-order valence-electron chi connectivity index (χ3n) is 4.16. The van der Waals surface area contributed by atoms with Crippen LogP contribution in [0.2, 0.25) is 0 Å². The van der Waals surface area contributed by atoms with Gasteiger partial charge in [0.1, 0.15) is 5.82 Å². The Morgan fingerprint density at radius 3 is 2.76 bits per heavy atom. The molecule has 0 saturated heterocycles. The van der Waals surface area contributed by atoms with Gasteiger partial charge >= 0.3 is 0 Å². The maximum atomic E-state index is 9.51. The standard InChI is InChI=1S/C17H27N3O/c1-4-18-17(3,13-21)11-7-8-12-20-14(2)19-15-9-5-6-10-16(15)20/h5-6,9-10,18,21H,4,7-8,11-13H2,1-3H3. The molecule has 4 nitrogen and oxygen atoms in total. The minimum atomic E-state index is -0.152. The summed E-state index contributed by atoms with van der Waals surface area (Å²) in [5.74, 6) is 1.08. The number of benzene rings is 1. The zero-order chi connectivity index (χ0) is 15.3. The first-order chi connectivity index (χ1) is 10.1. The SMILES string of the molecule is CCNC(C)(CO)CCCCn1c(C)nc2ccccc21. The largest absolute Gasteiger partial charge is 0.394 e. The van der Waals surface area contributed by atoms with Crippen molar-refractivity contribution in [3.8, 4) is 0 Å². The van der Waals surface area contributed by atoms with Crippen molar-refractivity contribution in [2.75, 3.05) is 13.2 Å². The van der Waals surface area contributed by atoms with E-state index in [1.54, 1.807) is 0 Å². The average molecular weight is 289 g/mol. The maximum Gasteiger partial charge on any atom is 0.106 e. The fourth-order valence-electron chi connectivity index (χ4n) is 2.91. The van der Waals surface area contributed by atoms with Gasteiger partial charge < -0.3 is 15.0 Å². The molecule has 0 bridgehead atoms. The molecule has 4 heteroatoms. The number of fused-ring (bicyclic) bond motifs is 1. The number of aromatic nitrogens is 2. The third-order valence-corrected chi connectivity index (χ3v) is 4.16. The Kier molecular flexibility index (Phi) is 5.37. The van der Waals surface area contributed by atoms with E-state index in [2.05, 4.69) is 53.8 Å². The number of nitrogens with one attached hydrogen (secondary N) is 1. The maximum absolute atomic E-state index is 9.51. The van der Waals surface area contributed by atoms with Crippen LogP contribution in [-0.2, 0) is 6.54 Å². The number of aliphatic hydroxyl groups excluding tert-OH is 1. The van der Waals surface area contributed by atoms with Gasteiger partial charge in [0, 0.05) is 12.1 Å². The number of unbranched alkanes of at least 4 members (excludes halogenated alkanes) is 1. The molecule has 116 valence electrons. The number of hydrogen-bond acceptors (Lipinski definition) is 3. The number of imidazole rings is 1. The van der Waals surface area contributed by atoms with E-state index in [-0.39, 0.29) is 12.1 Å². The summed E-state index contributed by atoms with van der Waals surface area (Å²) in [6, 6.07) is 8.29. The summed E-state index contributed by atoms with van der Waals surface area (Å²) in [4.78, 5) is 4.60. The van der Waals surface area contributed by atoms with Crippen LogP contribution >= 0.6 is 0 Å². The van der Waals surface area contributed by atoms with Crippen LogP contribution in [0.5, 0.6) is 0 Å². The van der Waals surface area contributed by atoms with Gasteiger partial charge in [0.05, 0.1) is 17.6 Å². The molecule has 1 heterocycles. The van der Waals surface area contributed by atoms with Crippen molar-refractivity contribution in [3.63, 3.8) is 0 Å². The van der Waals surface area contributed by atoms with Gasteiger partial charge in [-0.25, -0.2) is 4.98 Å². The fourth-order valence-corrected chi connectivity index (χ4v) is 2.91. The van der Waals surface area contributed by atoms with Crippen molar-refractivity contribution in [2.45, 2.75) is 52.1 Å². The quantitative estimate of drug-likeness (QED) is 0.735. The molecule has 21 heavy (non-hydrogen) atoms. The molecule has 0 spiro atoms. The van der Waals surface area contributed by atoms with Gasteiger partial charge in [0.2, 0.25) is 0 Å². The average Bonchev–Trinajstić information content (AvgIpc) is 2.80. The summed E-state index contributed by atoms with van der Waals surface area (Å²) >= 11 is 0. The van der Waals surface area contributed by atoms with Gasteiger partial charge in [-0.05, 0) is 51.8 Å². The van der Waals surface area contributed by atoms with E-state index >= 15 is 0 Å². The number of aliphatic hydroxyl groups is 1. The van der Waals surface area contributed by atoms with Gasteiger partial charge in [-0.3, -0.25) is 0 Å². The molecule has 0 saturated carbocycles. The second-order valence-electron chi connectivity index (χ2n) is 6.01. The van der Waals surface area contributed by atoms with Crippen LogP contribution in [0.4, 0.5) is 0 Å². The number of para-hydroxylation sites is 2. The van der Waals surface area contributed by atoms with Crippen LogP contribution in [-0.4, -0.2) is 33.3 Å². The molecule has 2 rings (SSSR count). The van der Waals surface area contributed by atoms with Crippen LogP contribution in [0.25, 0.3) is 11.0 Å². The lowest BCUT2D eigenvalue weighted by Crippen LogP contribution is -2.45. The molecule has 0 amide bonds. The molecule has 2 N–H and O–H groups in total. The molecule has 1 unspecified atom stereocenters. The van der Waals surface area contributed by atoms with Crippen molar-refractivity contribution in [1.29, 1.82) is 0 Å². The minimum Gasteiger partial charge on any atom is -0.394 e. The number of hydrogen-bond donors (Lipinski definition) is 2. The highest BCUT2D eigenvalue weighted by molar-refractivity contribution is 5.75. The summed E-state index contributed by atoms with van der Waals surface area (Å²) in [6.45, 7) is 8.30. The second-order valence-corrected chi connectivity index (χ2v) is 6.01. The molecule has 1 aromatic carbocycles. The Labute approximate surface area is 127 Å². The lowest BCUT2D eigenvalue weighted by Gasteiger charge is -2.28. The Balaban J connectivity index is 1.92. The predicted octanol–water partition coefficient (Wildman–Crippen LogP) is 2.88. The van der Waals surface area contributed by atoms with E-state index in [0.29, 0.717) is 0 Å². The third kappa shape index (κ3) is 3.83. The molecule has 1 aromatic heterocycles. The van der Waals surface area contributed by atoms with Crippen molar-refractivity contribution < 1.29 is 5.11 Å². The zero-order valence-electron chi connectivity index (χ0n) is 13.4. The van der Waals surface area contributed by atoms with Gasteiger partial charge in [-0.15, -0.1) is 0 Å². The first kappa shape index (κ1) is 16.0. The second kappa shape index (κ2) is 7.05. The van der Waals surface area contributed by atoms with Crippen LogP contribution in [0.1, 0.15) is 38.9 Å². The molecule has 0 aliphatic heterocycles. The fraction of sp³-hybridized carbons (Fsp3) is 0.588. The van der Waals surface area contributed by atoms with Gasteiger partial charge in [-0.1, -0.05) is 19.1 Å². The Hall–Kier alpha value is -1.39. The molecule has 2 aromatic rings. The van der Waals surface area contributed by atoms with Crippen LogP contribution in [0.3, 0.4) is 0 Å². The molecule has 0 fully saturated rings. The van der Waals surface area contributed by atoms with E-state index < -0.39 is 0 Å². The van der Waals surface area contributed by atoms with Crippen molar-refractivity contribution in [3.05, 3.63) is 30.1 Å². The topological polar surface area (TPSA) is 50.1 Å². The van der Waals surface area contributed by atoms with Crippen molar-refractivity contribution >= 4 is 11.0 Å². The van der Waals surface area contributed by atoms with Crippen LogP contribution in [0.15, 0.2) is 24.3 Å². The predicted molar refractivity (Wildman–Crippen MR) is 87.5 cm³/mol. The van der Waals surface area contributed by atoms with Crippen LogP contribution in [0, 0.1) is 6.92 Å². The van der Waals surface area contributed by atoms with Crippen molar-refractivity contribution in [1.82, 2.24) is 14.9 Å². The molecular weight excluding hydrogens is 262 g/mol. The lowest BCUT2D eigenvalue weighted by molar-refractivity contribution is 0.164. The Morgan fingerprint density at radius 2 is 2.05 bits per heavy atom. The zero-order valence-corrected chi connectivity index (χ0v) is 13.4. The van der Waals surface area contributed by atoms with Crippen LogP contribution < -0.4 is 5.32 Å². The lowest BCUT2D eigenvalue weighted by atomic mass is 9.95. The summed E-state index contributed by atoms with van der Waals surface area (Å²) in [5.41, 5.74) is 2.13. The number of rotatable bonds is 8. The molecular formula is C17H27N3O. The van der Waals surface area contributed by atoms with Gasteiger partial charge in [0.25, 0.3) is 0 Å². The first-order valence-corrected chi connectivity index (χ1v) is 7.87. The van der Waals surface area contributed by atoms with Crippen molar-refractivity contribution in [2.24, 2.45) is 0 Å². The van der Waals surface area contributed by atoms with Gasteiger partial charge in [-0.2, -0.15) is 0 Å². The summed E-state index contributed by atoms with van der Waals surface area (Å²) in [5, 5.41) is 12.9. The van der Waals surface area contributed by atoms with E-state index in [0.717, 1.165) is 43.7 Å². The van der Waals surface area contributed by atoms with E-state index in [4.69, 9.17) is 0 Å². The molecule has 0 aliphatic rings. The first-order valence-electron chi connectivity index (χ1n) is 7.87. The molecule has 1 atom stereocenters. The highest BCUT2D eigenvalue weighted by atomic mass is 16.3. The normalized spacial score (nSPS) is 14.5. The number of nitrogens with zero attached hydrogens (tertiary/aromatic N) is 2. The van der Waals surface area contributed by atoms with E-state index in [1.807, 2.05) is 6.07 Å². The highest BCUT2D eigenvalue weighted by Crippen LogP contribution is 2.18. The number of likely N-dealkylation sites (N-methyl/N-ethyl adjacent to an activating group) is 1. The summed E-state index contributed by atoms with van der Waals surface area (Å²) in [7, 11) is 0. The van der Waals surface area contributed by atoms with E-state index in [1.165, 1.54) is 5.52 Å². The smallest absolute Gasteiger partial charge is 0.106 e. The highest BCUT2D eigenvalue weighted by Gasteiger charge is 2.20. The van der Waals surface area contributed by atoms with E-state index in [9.17, 15) is 5.11 Å². The Bertz CT molecular complexity index is 578. The summed E-state index contributed by atoms with van der Waals surface area (Å²) < 4.78 is 2.29. The number of aryl methyl sites for hydroxylation is 2. The minimum absolute atomic E-state index is 0.152. The Morgan fingerprint density at radius 1 is 1.29 bits per heavy atom. The monoisotopic (exact) mass is 289 g/mol.